The lowest BCUT2D eigenvalue weighted by Gasteiger charge is -2.41. The average molecular weight is 283 g/mol. The van der Waals surface area contributed by atoms with Gasteiger partial charge in [-0.25, -0.2) is 4.39 Å². The van der Waals surface area contributed by atoms with Gasteiger partial charge in [-0.05, 0) is 18.9 Å². The van der Waals surface area contributed by atoms with Crippen LogP contribution in [0.5, 0.6) is 0 Å². The van der Waals surface area contributed by atoms with Crippen molar-refractivity contribution in [3.05, 3.63) is 34.6 Å². The van der Waals surface area contributed by atoms with Crippen LogP contribution in [0.25, 0.3) is 0 Å². The molecule has 19 heavy (non-hydrogen) atoms. The van der Waals surface area contributed by atoms with Gasteiger partial charge in [0, 0.05) is 37.3 Å². The molecule has 0 radical (unpaired) electrons. The molecule has 1 saturated carbocycles. The van der Waals surface area contributed by atoms with Crippen LogP contribution < -0.4 is 5.32 Å². The number of halogens is 2. The number of hydrogen-bond acceptors (Lipinski definition) is 2. The Kier molecular flexibility index (Phi) is 3.79. The summed E-state index contributed by atoms with van der Waals surface area (Å²) in [5.74, 6) is -0.261. The monoisotopic (exact) mass is 282 g/mol. The first-order chi connectivity index (χ1) is 9.19. The highest BCUT2D eigenvalue weighted by atomic mass is 35.5. The average Bonchev–Trinajstić information content (AvgIpc) is 2.83. The van der Waals surface area contributed by atoms with E-state index in [1.807, 2.05) is 12.1 Å². The van der Waals surface area contributed by atoms with Crippen LogP contribution in [0, 0.1) is 5.82 Å². The highest BCUT2D eigenvalue weighted by Crippen LogP contribution is 2.32. The predicted octanol–water partition coefficient (Wildman–Crippen LogP) is 3.20. The molecule has 0 atom stereocenters. The van der Waals surface area contributed by atoms with Gasteiger partial charge in [0.05, 0.1) is 5.02 Å². The molecule has 2 nitrogen and oxygen atoms in total. The lowest BCUT2D eigenvalue weighted by Crippen LogP contribution is -2.58. The van der Waals surface area contributed by atoms with Crippen molar-refractivity contribution >= 4 is 11.6 Å². The van der Waals surface area contributed by atoms with Crippen LogP contribution in [0.4, 0.5) is 4.39 Å². The summed E-state index contributed by atoms with van der Waals surface area (Å²) in [6.07, 6.45) is 5.13. The lowest BCUT2D eigenvalue weighted by molar-refractivity contribution is 0.127. The summed E-state index contributed by atoms with van der Waals surface area (Å²) in [7, 11) is 0. The summed E-state index contributed by atoms with van der Waals surface area (Å²) in [5, 5.41) is 3.90. The molecule has 104 valence electrons. The van der Waals surface area contributed by atoms with Crippen molar-refractivity contribution < 1.29 is 4.39 Å². The van der Waals surface area contributed by atoms with Crippen molar-refractivity contribution in [1.29, 1.82) is 0 Å². The van der Waals surface area contributed by atoms with Gasteiger partial charge in [0.25, 0.3) is 0 Å². The smallest absolute Gasteiger partial charge is 0.146 e. The lowest BCUT2D eigenvalue weighted by atomic mass is 9.94. The molecule has 1 heterocycles. The fraction of sp³-hybridized carbons (Fsp3) is 0.600. The second-order valence-electron chi connectivity index (χ2n) is 5.84. The number of nitrogens with one attached hydrogen (secondary N) is 1. The maximum Gasteiger partial charge on any atom is 0.146 e. The van der Waals surface area contributed by atoms with Crippen molar-refractivity contribution in [3.63, 3.8) is 0 Å². The minimum absolute atomic E-state index is 0.225. The molecule has 4 heteroatoms. The van der Waals surface area contributed by atoms with E-state index in [1.165, 1.54) is 25.7 Å². The van der Waals surface area contributed by atoms with Gasteiger partial charge in [-0.15, -0.1) is 0 Å². The van der Waals surface area contributed by atoms with E-state index in [9.17, 15) is 4.39 Å². The van der Waals surface area contributed by atoms with Crippen LogP contribution >= 0.6 is 11.6 Å². The summed E-state index contributed by atoms with van der Waals surface area (Å²) < 4.78 is 14.0. The van der Waals surface area contributed by atoms with E-state index in [1.54, 1.807) is 6.07 Å². The van der Waals surface area contributed by atoms with Gasteiger partial charge in [-0.2, -0.15) is 0 Å². The predicted molar refractivity (Wildman–Crippen MR) is 75.9 cm³/mol. The topological polar surface area (TPSA) is 15.3 Å². The molecule has 1 aromatic rings. The quantitative estimate of drug-likeness (QED) is 0.896. The van der Waals surface area contributed by atoms with Crippen LogP contribution in [0.15, 0.2) is 18.2 Å². The largest absolute Gasteiger partial charge is 0.309 e. The summed E-state index contributed by atoms with van der Waals surface area (Å²) >= 11 is 5.85. The van der Waals surface area contributed by atoms with E-state index in [-0.39, 0.29) is 16.4 Å². The van der Waals surface area contributed by atoms with Gasteiger partial charge in [-0.3, -0.25) is 4.90 Å². The van der Waals surface area contributed by atoms with E-state index >= 15 is 0 Å². The van der Waals surface area contributed by atoms with Gasteiger partial charge < -0.3 is 5.32 Å². The first-order valence-corrected chi connectivity index (χ1v) is 7.47. The Balaban J connectivity index is 1.71. The third-order valence-corrected chi connectivity index (χ3v) is 4.73. The van der Waals surface area contributed by atoms with Crippen LogP contribution in [0.3, 0.4) is 0 Å². The second kappa shape index (κ2) is 5.39. The Morgan fingerprint density at radius 3 is 2.89 bits per heavy atom. The van der Waals surface area contributed by atoms with E-state index in [4.69, 9.17) is 11.6 Å². The molecule has 1 aromatic carbocycles. The summed E-state index contributed by atoms with van der Waals surface area (Å²) in [6.45, 7) is 3.67. The molecular weight excluding hydrogens is 263 g/mol. The third kappa shape index (κ3) is 2.78. The second-order valence-corrected chi connectivity index (χ2v) is 6.25. The van der Waals surface area contributed by atoms with E-state index in [0.717, 1.165) is 19.6 Å². The zero-order valence-corrected chi connectivity index (χ0v) is 11.8. The Morgan fingerprint density at radius 2 is 2.11 bits per heavy atom. The van der Waals surface area contributed by atoms with Crippen LogP contribution in [-0.2, 0) is 6.54 Å². The number of piperazine rings is 1. The number of rotatable bonds is 2. The molecule has 1 N–H and O–H groups in total. The van der Waals surface area contributed by atoms with Crippen molar-refractivity contribution in [1.82, 2.24) is 10.2 Å². The highest BCUT2D eigenvalue weighted by Gasteiger charge is 2.37. The Labute approximate surface area is 118 Å². The van der Waals surface area contributed by atoms with Crippen LogP contribution in [-0.4, -0.2) is 30.1 Å². The molecule has 2 aliphatic rings. The standard InChI is InChI=1S/C15H20ClFN2/c16-13-5-3-4-12(14(13)17)10-19-9-8-18-15(11-19)6-1-2-7-15/h3-5,18H,1-2,6-11H2. The number of benzene rings is 1. The molecular formula is C15H20ClFN2. The third-order valence-electron chi connectivity index (χ3n) is 4.44. The van der Waals surface area contributed by atoms with Gasteiger partial charge in [0.1, 0.15) is 5.82 Å². The molecule has 1 aliphatic carbocycles. The molecule has 1 spiro atoms. The summed E-state index contributed by atoms with van der Waals surface area (Å²) in [4.78, 5) is 2.36. The first-order valence-electron chi connectivity index (χ1n) is 7.09. The number of nitrogens with zero attached hydrogens (tertiary/aromatic N) is 1. The Bertz CT molecular complexity index is 457. The van der Waals surface area contributed by atoms with Gasteiger partial charge in [-0.1, -0.05) is 36.6 Å². The maximum atomic E-state index is 14.0. The molecule has 1 saturated heterocycles. The minimum atomic E-state index is -0.261. The molecule has 1 aliphatic heterocycles. The molecule has 0 bridgehead atoms. The molecule has 2 fully saturated rings. The minimum Gasteiger partial charge on any atom is -0.309 e. The van der Waals surface area contributed by atoms with Crippen LogP contribution in [0.1, 0.15) is 31.2 Å². The fourth-order valence-electron chi connectivity index (χ4n) is 3.48. The highest BCUT2D eigenvalue weighted by molar-refractivity contribution is 6.30. The Hall–Kier alpha value is -0.640. The van der Waals surface area contributed by atoms with Crippen molar-refractivity contribution in [2.75, 3.05) is 19.6 Å². The van der Waals surface area contributed by atoms with Crippen molar-refractivity contribution in [2.24, 2.45) is 0 Å². The van der Waals surface area contributed by atoms with Crippen molar-refractivity contribution in [3.8, 4) is 0 Å². The molecule has 0 aromatic heterocycles. The fourth-order valence-corrected chi connectivity index (χ4v) is 3.67. The normalized spacial score (nSPS) is 23.1. The van der Waals surface area contributed by atoms with E-state index in [2.05, 4.69) is 10.2 Å². The Morgan fingerprint density at radius 1 is 1.32 bits per heavy atom. The first kappa shape index (κ1) is 13.3. The summed E-state index contributed by atoms with van der Waals surface area (Å²) in [6, 6.07) is 5.27. The molecule has 0 unspecified atom stereocenters. The van der Waals surface area contributed by atoms with E-state index in [0.29, 0.717) is 12.1 Å². The van der Waals surface area contributed by atoms with Crippen LogP contribution in [0.2, 0.25) is 5.02 Å². The zero-order valence-electron chi connectivity index (χ0n) is 11.1. The van der Waals surface area contributed by atoms with Gasteiger partial charge in [0.15, 0.2) is 0 Å². The maximum absolute atomic E-state index is 14.0. The van der Waals surface area contributed by atoms with Gasteiger partial charge in [0.2, 0.25) is 0 Å². The van der Waals surface area contributed by atoms with Gasteiger partial charge >= 0.3 is 0 Å². The number of hydrogen-bond donors (Lipinski definition) is 1. The zero-order chi connectivity index (χ0) is 13.3. The molecule has 3 rings (SSSR count). The van der Waals surface area contributed by atoms with E-state index < -0.39 is 0 Å². The summed E-state index contributed by atoms with van der Waals surface area (Å²) in [5.41, 5.74) is 0.996. The van der Waals surface area contributed by atoms with Crippen molar-refractivity contribution in [2.45, 2.75) is 37.8 Å². The SMILES string of the molecule is Fc1c(Cl)cccc1CN1CCNC2(CCCC2)C1. The molecule has 0 amide bonds.